The van der Waals surface area contributed by atoms with Crippen LogP contribution in [-0.4, -0.2) is 18.6 Å². The lowest BCUT2D eigenvalue weighted by Gasteiger charge is -2.08. The zero-order chi connectivity index (χ0) is 15.8. The molecule has 0 bridgehead atoms. The molecule has 114 valence electrons. The summed E-state index contributed by atoms with van der Waals surface area (Å²) in [5, 5.41) is 7.37. The normalized spacial score (nSPS) is 11.9. The van der Waals surface area contributed by atoms with Crippen molar-refractivity contribution in [2.24, 2.45) is 0 Å². The molecular formula is C13H16FN3O3S. The molecule has 0 amide bonds. The number of nitrogens with one attached hydrogen (secondary N) is 1. The van der Waals surface area contributed by atoms with Crippen molar-refractivity contribution < 1.29 is 17.2 Å². The molecule has 0 fully saturated rings. The smallest absolute Gasteiger partial charge is 0.329 e. The van der Waals surface area contributed by atoms with Crippen molar-refractivity contribution in [3.63, 3.8) is 0 Å². The molecule has 0 spiro atoms. The SMILES string of the molecule is Cc1cc(S(=O)(=O)Nc2nnc(C(C)C)o2)cc(C)c1F. The van der Waals surface area contributed by atoms with Gasteiger partial charge in [-0.3, -0.25) is 0 Å². The van der Waals surface area contributed by atoms with E-state index in [1.165, 1.54) is 26.0 Å². The van der Waals surface area contributed by atoms with Crippen LogP contribution in [0, 0.1) is 19.7 Å². The molecule has 1 aromatic carbocycles. The Balaban J connectivity index is 2.33. The van der Waals surface area contributed by atoms with Crippen molar-refractivity contribution in [1.29, 1.82) is 0 Å². The lowest BCUT2D eigenvalue weighted by atomic mass is 10.1. The zero-order valence-electron chi connectivity index (χ0n) is 12.1. The lowest BCUT2D eigenvalue weighted by molar-refractivity contribution is 0.483. The summed E-state index contributed by atoms with van der Waals surface area (Å²) in [6.45, 7) is 6.70. The molecule has 0 aliphatic heterocycles. The minimum Gasteiger partial charge on any atom is -0.407 e. The maximum absolute atomic E-state index is 13.6. The first-order valence-corrected chi connectivity index (χ1v) is 7.82. The van der Waals surface area contributed by atoms with Crippen LogP contribution in [0.1, 0.15) is 36.8 Å². The van der Waals surface area contributed by atoms with E-state index in [9.17, 15) is 12.8 Å². The van der Waals surface area contributed by atoms with E-state index in [-0.39, 0.29) is 28.0 Å². The molecule has 0 saturated carbocycles. The number of halogens is 1. The molecule has 21 heavy (non-hydrogen) atoms. The van der Waals surface area contributed by atoms with Gasteiger partial charge >= 0.3 is 6.01 Å². The van der Waals surface area contributed by atoms with Gasteiger partial charge in [-0.25, -0.2) is 17.5 Å². The van der Waals surface area contributed by atoms with E-state index in [0.29, 0.717) is 5.89 Å². The van der Waals surface area contributed by atoms with Crippen LogP contribution in [0.5, 0.6) is 0 Å². The number of aryl methyl sites for hydroxylation is 2. The molecule has 0 aliphatic carbocycles. The molecule has 2 aromatic rings. The second kappa shape index (κ2) is 5.44. The van der Waals surface area contributed by atoms with Gasteiger partial charge in [0.2, 0.25) is 5.89 Å². The lowest BCUT2D eigenvalue weighted by Crippen LogP contribution is -2.14. The number of anilines is 1. The third kappa shape index (κ3) is 3.21. The standard InChI is InChI=1S/C13H16FN3O3S/c1-7(2)12-15-16-13(20-12)17-21(18,19)10-5-8(3)11(14)9(4)6-10/h5-7H,1-4H3,(H,16,17). The number of benzene rings is 1. The van der Waals surface area contributed by atoms with Crippen LogP contribution in [-0.2, 0) is 10.0 Å². The molecule has 8 heteroatoms. The van der Waals surface area contributed by atoms with Crippen LogP contribution in [0.25, 0.3) is 0 Å². The van der Waals surface area contributed by atoms with Crippen LogP contribution >= 0.6 is 0 Å². The molecular weight excluding hydrogens is 297 g/mol. The largest absolute Gasteiger partial charge is 0.407 e. The Morgan fingerprint density at radius 1 is 1.19 bits per heavy atom. The quantitative estimate of drug-likeness (QED) is 0.938. The fraction of sp³-hybridized carbons (Fsp3) is 0.385. The van der Waals surface area contributed by atoms with Gasteiger partial charge in [0.25, 0.3) is 10.0 Å². The summed E-state index contributed by atoms with van der Waals surface area (Å²) in [4.78, 5) is -0.0526. The summed E-state index contributed by atoms with van der Waals surface area (Å²) in [7, 11) is -3.90. The van der Waals surface area contributed by atoms with Gasteiger partial charge in [0.1, 0.15) is 5.82 Å². The summed E-state index contributed by atoms with van der Waals surface area (Å²) in [6.07, 6.45) is 0. The highest BCUT2D eigenvalue weighted by atomic mass is 32.2. The van der Waals surface area contributed by atoms with E-state index in [2.05, 4.69) is 14.9 Å². The minimum absolute atomic E-state index is 0.00827. The van der Waals surface area contributed by atoms with Gasteiger partial charge in [-0.05, 0) is 37.1 Å². The Morgan fingerprint density at radius 2 is 1.76 bits per heavy atom. The first-order valence-electron chi connectivity index (χ1n) is 6.33. The van der Waals surface area contributed by atoms with E-state index < -0.39 is 15.8 Å². The summed E-state index contributed by atoms with van der Waals surface area (Å²) in [6, 6.07) is 2.30. The van der Waals surface area contributed by atoms with Gasteiger partial charge in [-0.2, -0.15) is 0 Å². The number of nitrogens with zero attached hydrogens (tertiary/aromatic N) is 2. The monoisotopic (exact) mass is 313 g/mol. The molecule has 0 aliphatic rings. The first kappa shape index (κ1) is 15.4. The van der Waals surface area contributed by atoms with Crippen molar-refractivity contribution in [1.82, 2.24) is 10.2 Å². The number of sulfonamides is 1. The van der Waals surface area contributed by atoms with Gasteiger partial charge in [0, 0.05) is 5.92 Å². The van der Waals surface area contributed by atoms with Crippen molar-refractivity contribution in [3.05, 3.63) is 35.0 Å². The second-order valence-corrected chi connectivity index (χ2v) is 6.76. The summed E-state index contributed by atoms with van der Waals surface area (Å²) in [5.74, 6) is -0.0981. The third-order valence-corrected chi connectivity index (χ3v) is 4.18. The molecule has 1 N–H and O–H groups in total. The molecule has 1 heterocycles. The number of hydrogen-bond donors (Lipinski definition) is 1. The Morgan fingerprint density at radius 3 is 2.24 bits per heavy atom. The Hall–Kier alpha value is -1.96. The highest BCUT2D eigenvalue weighted by molar-refractivity contribution is 7.92. The van der Waals surface area contributed by atoms with Crippen LogP contribution in [0.4, 0.5) is 10.4 Å². The van der Waals surface area contributed by atoms with E-state index in [1.807, 2.05) is 13.8 Å². The fourth-order valence-corrected chi connectivity index (χ4v) is 2.84. The molecule has 1 aromatic heterocycles. The summed E-state index contributed by atoms with van der Waals surface area (Å²) < 4.78 is 45.4. The van der Waals surface area contributed by atoms with Crippen LogP contribution in [0.3, 0.4) is 0 Å². The number of aromatic nitrogens is 2. The average molecular weight is 313 g/mol. The van der Waals surface area contributed by atoms with Gasteiger partial charge in [-0.15, -0.1) is 5.10 Å². The molecule has 0 radical (unpaired) electrons. The molecule has 6 nitrogen and oxygen atoms in total. The molecule has 2 rings (SSSR count). The fourth-order valence-electron chi connectivity index (χ4n) is 1.74. The van der Waals surface area contributed by atoms with Crippen LogP contribution in [0.15, 0.2) is 21.4 Å². The average Bonchev–Trinajstić information content (AvgIpc) is 2.83. The first-order chi connectivity index (χ1) is 9.70. The number of hydrogen-bond acceptors (Lipinski definition) is 5. The number of rotatable bonds is 4. The molecule has 0 atom stereocenters. The van der Waals surface area contributed by atoms with Crippen LogP contribution < -0.4 is 4.72 Å². The maximum atomic E-state index is 13.6. The Kier molecular flexibility index (Phi) is 3.99. The highest BCUT2D eigenvalue weighted by Gasteiger charge is 2.20. The topological polar surface area (TPSA) is 85.1 Å². The van der Waals surface area contributed by atoms with Crippen molar-refractivity contribution >= 4 is 16.0 Å². The predicted molar refractivity (Wildman–Crippen MR) is 75.1 cm³/mol. The summed E-state index contributed by atoms with van der Waals surface area (Å²) >= 11 is 0. The minimum atomic E-state index is -3.90. The third-order valence-electron chi connectivity index (χ3n) is 2.88. The Bertz CT molecular complexity index is 746. The van der Waals surface area contributed by atoms with Gasteiger partial charge in [0.05, 0.1) is 4.90 Å². The maximum Gasteiger partial charge on any atom is 0.329 e. The molecule has 0 saturated heterocycles. The van der Waals surface area contributed by atoms with Gasteiger partial charge < -0.3 is 4.42 Å². The van der Waals surface area contributed by atoms with Crippen molar-refractivity contribution in [2.75, 3.05) is 4.72 Å². The highest BCUT2D eigenvalue weighted by Crippen LogP contribution is 2.22. The van der Waals surface area contributed by atoms with Crippen molar-refractivity contribution in [3.8, 4) is 0 Å². The Labute approximate surface area is 122 Å². The van der Waals surface area contributed by atoms with Gasteiger partial charge in [-0.1, -0.05) is 18.9 Å². The van der Waals surface area contributed by atoms with Crippen LogP contribution in [0.2, 0.25) is 0 Å². The second-order valence-electron chi connectivity index (χ2n) is 5.08. The van der Waals surface area contributed by atoms with E-state index in [4.69, 9.17) is 4.42 Å². The van der Waals surface area contributed by atoms with E-state index in [1.54, 1.807) is 0 Å². The van der Waals surface area contributed by atoms with Crippen molar-refractivity contribution in [2.45, 2.75) is 38.5 Å². The summed E-state index contributed by atoms with van der Waals surface area (Å²) in [5.41, 5.74) is 0.507. The predicted octanol–water partition coefficient (Wildman–Crippen LogP) is 2.75. The molecule has 0 unspecified atom stereocenters. The zero-order valence-corrected chi connectivity index (χ0v) is 13.0. The van der Waals surface area contributed by atoms with E-state index >= 15 is 0 Å². The van der Waals surface area contributed by atoms with Gasteiger partial charge in [0.15, 0.2) is 0 Å². The van der Waals surface area contributed by atoms with E-state index in [0.717, 1.165) is 0 Å².